The molecule has 0 radical (unpaired) electrons. The highest BCUT2D eigenvalue weighted by atomic mass is 35.5. The van der Waals surface area contributed by atoms with E-state index in [9.17, 15) is 9.59 Å². The molecule has 0 heterocycles. The van der Waals surface area contributed by atoms with Gasteiger partial charge in [0.2, 0.25) is 5.91 Å². The zero-order chi connectivity index (χ0) is 19.1. The molecule has 2 N–H and O–H groups in total. The number of carbonyl (C=O) groups excluding carboxylic acids is 2. The van der Waals surface area contributed by atoms with Crippen LogP contribution in [-0.2, 0) is 4.79 Å². The molecule has 0 aliphatic rings. The van der Waals surface area contributed by atoms with Crippen LogP contribution in [0, 0.1) is 0 Å². The van der Waals surface area contributed by atoms with Crippen molar-refractivity contribution >= 4 is 40.9 Å². The highest BCUT2D eigenvalue weighted by molar-refractivity contribution is 6.34. The largest absolute Gasteiger partial charge is 0.322 e. The summed E-state index contributed by atoms with van der Waals surface area (Å²) in [7, 11) is 0. The lowest BCUT2D eigenvalue weighted by molar-refractivity contribution is -0.111. The second-order valence-corrected chi connectivity index (χ2v) is 6.16. The van der Waals surface area contributed by atoms with Crippen LogP contribution < -0.4 is 10.6 Å². The Kier molecular flexibility index (Phi) is 6.02. The van der Waals surface area contributed by atoms with Gasteiger partial charge < -0.3 is 10.6 Å². The zero-order valence-corrected chi connectivity index (χ0v) is 15.1. The lowest BCUT2D eigenvalue weighted by Gasteiger charge is -2.09. The predicted molar refractivity (Wildman–Crippen MR) is 110 cm³/mol. The number of benzene rings is 3. The van der Waals surface area contributed by atoms with Crippen molar-refractivity contribution in [3.05, 3.63) is 101 Å². The molecule has 0 saturated carbocycles. The van der Waals surface area contributed by atoms with E-state index in [0.29, 0.717) is 22.0 Å². The second-order valence-electron chi connectivity index (χ2n) is 5.75. The molecule has 4 nitrogen and oxygen atoms in total. The van der Waals surface area contributed by atoms with E-state index in [0.717, 1.165) is 5.56 Å². The van der Waals surface area contributed by atoms with Crippen LogP contribution in [0.4, 0.5) is 11.4 Å². The van der Waals surface area contributed by atoms with Crippen molar-refractivity contribution in [2.24, 2.45) is 0 Å². The van der Waals surface area contributed by atoms with E-state index in [1.165, 1.54) is 6.08 Å². The Labute approximate surface area is 162 Å². The van der Waals surface area contributed by atoms with Crippen LogP contribution in [0.2, 0.25) is 5.02 Å². The summed E-state index contributed by atoms with van der Waals surface area (Å²) in [5.41, 5.74) is 2.37. The van der Waals surface area contributed by atoms with Crippen LogP contribution in [-0.4, -0.2) is 11.8 Å². The smallest absolute Gasteiger partial charge is 0.255 e. The van der Waals surface area contributed by atoms with Gasteiger partial charge in [0.05, 0.1) is 10.7 Å². The van der Waals surface area contributed by atoms with E-state index in [2.05, 4.69) is 10.6 Å². The Balaban J connectivity index is 1.70. The predicted octanol–water partition coefficient (Wildman–Crippen LogP) is 5.24. The van der Waals surface area contributed by atoms with Crippen molar-refractivity contribution in [2.75, 3.05) is 10.6 Å². The summed E-state index contributed by atoms with van der Waals surface area (Å²) in [6.07, 6.45) is 3.12. The minimum absolute atomic E-state index is 0.284. The molecule has 0 aliphatic heterocycles. The maximum absolute atomic E-state index is 12.4. The highest BCUT2D eigenvalue weighted by Crippen LogP contribution is 2.24. The fourth-order valence-electron chi connectivity index (χ4n) is 2.40. The van der Waals surface area contributed by atoms with Crippen LogP contribution in [0.15, 0.2) is 84.9 Å². The molecule has 0 spiro atoms. The van der Waals surface area contributed by atoms with Crippen LogP contribution in [0.3, 0.4) is 0 Å². The molecule has 0 saturated heterocycles. The number of carbonyl (C=O) groups is 2. The van der Waals surface area contributed by atoms with Gasteiger partial charge in [-0.05, 0) is 42.0 Å². The van der Waals surface area contributed by atoms with Gasteiger partial charge in [-0.1, -0.05) is 60.1 Å². The zero-order valence-electron chi connectivity index (χ0n) is 14.4. The van der Waals surface area contributed by atoms with Gasteiger partial charge in [-0.2, -0.15) is 0 Å². The van der Waals surface area contributed by atoms with E-state index >= 15 is 0 Å². The van der Waals surface area contributed by atoms with E-state index in [-0.39, 0.29) is 11.8 Å². The lowest BCUT2D eigenvalue weighted by Crippen LogP contribution is -2.13. The van der Waals surface area contributed by atoms with Gasteiger partial charge >= 0.3 is 0 Å². The fraction of sp³-hybridized carbons (Fsp3) is 0. The molecule has 3 aromatic rings. The first-order valence-corrected chi connectivity index (χ1v) is 8.70. The van der Waals surface area contributed by atoms with Crippen molar-refractivity contribution in [3.63, 3.8) is 0 Å². The molecule has 0 fully saturated rings. The third kappa shape index (κ3) is 5.30. The molecule has 27 heavy (non-hydrogen) atoms. The maximum Gasteiger partial charge on any atom is 0.255 e. The Morgan fingerprint density at radius 2 is 1.48 bits per heavy atom. The number of anilines is 2. The monoisotopic (exact) mass is 376 g/mol. The van der Waals surface area contributed by atoms with E-state index in [4.69, 9.17) is 11.6 Å². The Bertz CT molecular complexity index is 970. The van der Waals surface area contributed by atoms with Crippen molar-refractivity contribution in [3.8, 4) is 0 Å². The van der Waals surface area contributed by atoms with Gasteiger partial charge in [-0.25, -0.2) is 0 Å². The molecule has 134 valence electrons. The molecule has 0 unspecified atom stereocenters. The molecular weight excluding hydrogens is 360 g/mol. The quantitative estimate of drug-likeness (QED) is 0.598. The molecule has 3 aromatic carbocycles. The third-order valence-electron chi connectivity index (χ3n) is 3.74. The van der Waals surface area contributed by atoms with Crippen LogP contribution in [0.25, 0.3) is 6.08 Å². The van der Waals surface area contributed by atoms with E-state index in [1.807, 2.05) is 48.5 Å². The fourth-order valence-corrected chi connectivity index (χ4v) is 2.56. The summed E-state index contributed by atoms with van der Waals surface area (Å²) < 4.78 is 0. The van der Waals surface area contributed by atoms with Gasteiger partial charge in [0.1, 0.15) is 0 Å². The van der Waals surface area contributed by atoms with Crippen molar-refractivity contribution in [1.82, 2.24) is 0 Å². The number of halogens is 1. The number of nitrogens with one attached hydrogen (secondary N) is 2. The van der Waals surface area contributed by atoms with Crippen molar-refractivity contribution < 1.29 is 9.59 Å². The van der Waals surface area contributed by atoms with E-state index in [1.54, 1.807) is 36.4 Å². The van der Waals surface area contributed by atoms with Gasteiger partial charge in [-0.15, -0.1) is 0 Å². The maximum atomic E-state index is 12.4. The van der Waals surface area contributed by atoms with Crippen molar-refractivity contribution in [1.29, 1.82) is 0 Å². The molecule has 0 bridgehead atoms. The third-order valence-corrected chi connectivity index (χ3v) is 4.07. The first-order chi connectivity index (χ1) is 13.1. The number of para-hydroxylation sites is 1. The summed E-state index contributed by atoms with van der Waals surface area (Å²) in [6.45, 7) is 0. The molecule has 0 aromatic heterocycles. The summed E-state index contributed by atoms with van der Waals surface area (Å²) in [5.74, 6) is -0.616. The lowest BCUT2D eigenvalue weighted by atomic mass is 10.1. The van der Waals surface area contributed by atoms with Crippen molar-refractivity contribution in [2.45, 2.75) is 0 Å². The molecule has 2 amide bonds. The minimum Gasteiger partial charge on any atom is -0.322 e. The summed E-state index contributed by atoms with van der Waals surface area (Å²) in [6, 6.07) is 23.4. The van der Waals surface area contributed by atoms with Crippen LogP contribution in [0.5, 0.6) is 0 Å². The van der Waals surface area contributed by atoms with Gasteiger partial charge in [0.25, 0.3) is 5.91 Å². The summed E-state index contributed by atoms with van der Waals surface area (Å²) >= 11 is 6.15. The molecule has 0 atom stereocenters. The van der Waals surface area contributed by atoms with Crippen LogP contribution in [0.1, 0.15) is 15.9 Å². The Hall–Kier alpha value is -3.37. The topological polar surface area (TPSA) is 58.2 Å². The molecular formula is C22H17ClN2O2. The second kappa shape index (κ2) is 8.83. The summed E-state index contributed by atoms with van der Waals surface area (Å²) in [5, 5.41) is 5.85. The molecule has 5 heteroatoms. The summed E-state index contributed by atoms with van der Waals surface area (Å²) in [4.78, 5) is 24.5. The van der Waals surface area contributed by atoms with Gasteiger partial charge in [-0.3, -0.25) is 9.59 Å². The van der Waals surface area contributed by atoms with Crippen LogP contribution >= 0.6 is 11.6 Å². The standard InChI is InChI=1S/C22H17ClN2O2/c23-19-13-12-17(22(27)24-18-9-5-2-6-10-18)15-20(19)25-21(26)14-11-16-7-3-1-4-8-16/h1-15H,(H,24,27)(H,25,26)/b14-11+. The first-order valence-electron chi connectivity index (χ1n) is 8.32. The normalized spacial score (nSPS) is 10.6. The first kappa shape index (κ1) is 18.4. The molecule has 0 aliphatic carbocycles. The minimum atomic E-state index is -0.332. The van der Waals surface area contributed by atoms with E-state index < -0.39 is 0 Å². The SMILES string of the molecule is O=C(/C=C/c1ccccc1)Nc1cc(C(=O)Nc2ccccc2)ccc1Cl. The van der Waals surface area contributed by atoms with Gasteiger partial charge in [0.15, 0.2) is 0 Å². The number of rotatable bonds is 5. The Morgan fingerprint density at radius 1 is 0.815 bits per heavy atom. The molecule has 3 rings (SSSR count). The number of hydrogen-bond donors (Lipinski definition) is 2. The van der Waals surface area contributed by atoms with Gasteiger partial charge in [0, 0.05) is 17.3 Å². The number of amides is 2. The Morgan fingerprint density at radius 3 is 2.19 bits per heavy atom. The average molecular weight is 377 g/mol. The average Bonchev–Trinajstić information content (AvgIpc) is 2.69. The number of hydrogen-bond acceptors (Lipinski definition) is 2. The highest BCUT2D eigenvalue weighted by Gasteiger charge is 2.10.